The van der Waals surface area contributed by atoms with Crippen molar-refractivity contribution in [1.29, 1.82) is 0 Å². The molecule has 1 atom stereocenters. The van der Waals surface area contributed by atoms with Crippen molar-refractivity contribution in [3.8, 4) is 0 Å². The van der Waals surface area contributed by atoms with Crippen molar-refractivity contribution in [1.82, 2.24) is 0 Å². The zero-order chi connectivity index (χ0) is 12.5. The normalized spacial score (nSPS) is 12.6. The predicted molar refractivity (Wildman–Crippen MR) is 76.3 cm³/mol. The third kappa shape index (κ3) is 3.14. The summed E-state index contributed by atoms with van der Waals surface area (Å²) in [6.45, 7) is 1.92. The van der Waals surface area contributed by atoms with Gasteiger partial charge in [-0.1, -0.05) is 65.5 Å². The number of hydrogen-bond donors (Lipinski definition) is 1. The topological polar surface area (TPSA) is 26.0 Å². The van der Waals surface area contributed by atoms with E-state index in [0.717, 1.165) is 0 Å². The lowest BCUT2D eigenvalue weighted by Crippen LogP contribution is -2.12. The Balaban J connectivity index is 3.26. The maximum atomic E-state index is 6.09. The van der Waals surface area contributed by atoms with Crippen LogP contribution in [-0.4, -0.2) is 4.99 Å². The lowest BCUT2D eigenvalue weighted by atomic mass is 9.97. The van der Waals surface area contributed by atoms with E-state index in [9.17, 15) is 0 Å². The summed E-state index contributed by atoms with van der Waals surface area (Å²) < 4.78 is 0. The molecule has 2 N–H and O–H groups in total. The molecule has 1 nitrogen and oxygen atoms in total. The fraction of sp³-hybridized carbons (Fsp3) is 0.300. The number of thiocarbonyl (C=S) groups is 1. The molecule has 0 aliphatic carbocycles. The fourth-order valence-electron chi connectivity index (χ4n) is 1.43. The van der Waals surface area contributed by atoms with Gasteiger partial charge in [0.25, 0.3) is 0 Å². The Morgan fingerprint density at radius 1 is 1.25 bits per heavy atom. The van der Waals surface area contributed by atoms with Crippen LogP contribution in [0.5, 0.6) is 0 Å². The van der Waals surface area contributed by atoms with Gasteiger partial charge in [-0.2, -0.15) is 0 Å². The van der Waals surface area contributed by atoms with Gasteiger partial charge < -0.3 is 5.73 Å². The second kappa shape index (κ2) is 5.74. The highest BCUT2D eigenvalue weighted by molar-refractivity contribution is 7.80. The zero-order valence-electron chi connectivity index (χ0n) is 8.36. The summed E-state index contributed by atoms with van der Waals surface area (Å²) in [5.41, 5.74) is 6.17. The van der Waals surface area contributed by atoms with Crippen molar-refractivity contribution >= 4 is 63.6 Å². The largest absolute Gasteiger partial charge is 0.393 e. The first-order valence-electron chi connectivity index (χ1n) is 4.45. The molecule has 6 heteroatoms. The Hall–Kier alpha value is 0.270. The molecule has 0 saturated carbocycles. The molecule has 0 aromatic heterocycles. The van der Waals surface area contributed by atoms with E-state index in [-0.39, 0.29) is 5.92 Å². The molecule has 1 unspecified atom stereocenters. The second-order valence-electron chi connectivity index (χ2n) is 3.45. The summed E-state index contributed by atoms with van der Waals surface area (Å²) in [5, 5.41) is 1.56. The number of nitrogens with two attached hydrogens (primary N) is 1. The summed E-state index contributed by atoms with van der Waals surface area (Å²) in [6.07, 6.45) is 0.505. The van der Waals surface area contributed by atoms with E-state index in [1.807, 2.05) is 6.92 Å². The van der Waals surface area contributed by atoms with Crippen LogP contribution in [0.4, 0.5) is 0 Å². The third-order valence-corrected chi connectivity index (χ3v) is 3.92. The summed E-state index contributed by atoms with van der Waals surface area (Å²) in [7, 11) is 0. The van der Waals surface area contributed by atoms with Gasteiger partial charge >= 0.3 is 0 Å². The SMILES string of the molecule is CC(CC(N)=S)c1c(Cl)c(Cl)cc(Cl)c1Cl. The standard InChI is InChI=1S/C10H9Cl4NS/c1-4(2-7(15)16)8-9(13)5(11)3-6(12)10(8)14/h3-4H,2H2,1H3,(H2,15,16). The Labute approximate surface area is 120 Å². The molecule has 88 valence electrons. The monoisotopic (exact) mass is 315 g/mol. The van der Waals surface area contributed by atoms with Gasteiger partial charge in [-0.15, -0.1) is 0 Å². The highest BCUT2D eigenvalue weighted by Crippen LogP contribution is 2.41. The van der Waals surface area contributed by atoms with E-state index in [1.54, 1.807) is 0 Å². The lowest BCUT2D eigenvalue weighted by molar-refractivity contribution is 0.807. The third-order valence-electron chi connectivity index (χ3n) is 2.15. The number of benzene rings is 1. The van der Waals surface area contributed by atoms with Gasteiger partial charge in [-0.25, -0.2) is 0 Å². The number of hydrogen-bond acceptors (Lipinski definition) is 1. The van der Waals surface area contributed by atoms with Gasteiger partial charge in [0, 0.05) is 6.42 Å². The first-order valence-corrected chi connectivity index (χ1v) is 6.37. The molecular formula is C10H9Cl4NS. The molecule has 1 aromatic carbocycles. The van der Waals surface area contributed by atoms with E-state index in [0.29, 0.717) is 37.1 Å². The molecule has 0 amide bonds. The van der Waals surface area contributed by atoms with Gasteiger partial charge in [0.2, 0.25) is 0 Å². The van der Waals surface area contributed by atoms with Crippen LogP contribution in [0.2, 0.25) is 20.1 Å². The molecule has 0 radical (unpaired) electrons. The molecular weight excluding hydrogens is 308 g/mol. The van der Waals surface area contributed by atoms with Crippen LogP contribution in [0, 0.1) is 0 Å². The summed E-state index contributed by atoms with van der Waals surface area (Å²) in [5.74, 6) is -0.0197. The zero-order valence-corrected chi connectivity index (χ0v) is 12.2. The van der Waals surface area contributed by atoms with Crippen LogP contribution in [0.1, 0.15) is 24.8 Å². The predicted octanol–water partition coefficient (Wildman–Crippen LogP) is 5.08. The molecule has 0 spiro atoms. The van der Waals surface area contributed by atoms with E-state index < -0.39 is 0 Å². The quantitative estimate of drug-likeness (QED) is 0.621. The van der Waals surface area contributed by atoms with Crippen molar-refractivity contribution in [3.05, 3.63) is 31.7 Å². The summed E-state index contributed by atoms with van der Waals surface area (Å²) in [6, 6.07) is 1.52. The van der Waals surface area contributed by atoms with Gasteiger partial charge in [-0.05, 0) is 17.5 Å². The van der Waals surface area contributed by atoms with Crippen LogP contribution in [-0.2, 0) is 0 Å². The van der Waals surface area contributed by atoms with Crippen LogP contribution in [0.25, 0.3) is 0 Å². The average molecular weight is 317 g/mol. The average Bonchev–Trinajstić information content (AvgIpc) is 2.14. The highest BCUT2D eigenvalue weighted by atomic mass is 35.5. The van der Waals surface area contributed by atoms with E-state index in [1.165, 1.54) is 6.07 Å². The Bertz CT molecular complexity index is 407. The van der Waals surface area contributed by atoms with Crippen molar-refractivity contribution < 1.29 is 0 Å². The number of rotatable bonds is 3. The van der Waals surface area contributed by atoms with E-state index in [4.69, 9.17) is 64.4 Å². The van der Waals surface area contributed by atoms with Crippen molar-refractivity contribution in [2.24, 2.45) is 5.73 Å². The summed E-state index contributed by atoms with van der Waals surface area (Å²) >= 11 is 28.9. The van der Waals surface area contributed by atoms with Gasteiger partial charge in [-0.3, -0.25) is 0 Å². The molecule has 0 saturated heterocycles. The minimum atomic E-state index is -0.0197. The van der Waals surface area contributed by atoms with Crippen molar-refractivity contribution in [2.45, 2.75) is 19.3 Å². The Morgan fingerprint density at radius 2 is 1.69 bits per heavy atom. The second-order valence-corrected chi connectivity index (χ2v) is 5.55. The minimum Gasteiger partial charge on any atom is -0.393 e. The smallest absolute Gasteiger partial charge is 0.0733 e. The van der Waals surface area contributed by atoms with Gasteiger partial charge in [0.15, 0.2) is 0 Å². The first-order chi connectivity index (χ1) is 7.34. The van der Waals surface area contributed by atoms with Crippen LogP contribution < -0.4 is 5.73 Å². The molecule has 0 aliphatic heterocycles. The molecule has 0 heterocycles. The lowest BCUT2D eigenvalue weighted by Gasteiger charge is -2.16. The maximum absolute atomic E-state index is 6.09. The molecule has 1 rings (SSSR count). The fourth-order valence-corrected chi connectivity index (χ4v) is 2.87. The van der Waals surface area contributed by atoms with Crippen LogP contribution >= 0.6 is 58.6 Å². The van der Waals surface area contributed by atoms with E-state index in [2.05, 4.69) is 0 Å². The minimum absolute atomic E-state index is 0.0197. The molecule has 0 aliphatic rings. The maximum Gasteiger partial charge on any atom is 0.0733 e. The van der Waals surface area contributed by atoms with E-state index >= 15 is 0 Å². The van der Waals surface area contributed by atoms with Gasteiger partial charge in [0.05, 0.1) is 25.1 Å². The van der Waals surface area contributed by atoms with Crippen LogP contribution in [0.15, 0.2) is 6.07 Å². The Kier molecular flexibility index (Phi) is 5.14. The Morgan fingerprint density at radius 3 is 2.06 bits per heavy atom. The molecule has 1 aromatic rings. The van der Waals surface area contributed by atoms with Crippen LogP contribution in [0.3, 0.4) is 0 Å². The highest BCUT2D eigenvalue weighted by Gasteiger charge is 2.19. The van der Waals surface area contributed by atoms with Gasteiger partial charge in [0.1, 0.15) is 0 Å². The molecule has 0 fully saturated rings. The number of halogens is 4. The molecule has 0 bridgehead atoms. The molecule has 16 heavy (non-hydrogen) atoms. The first kappa shape index (κ1) is 14.3. The van der Waals surface area contributed by atoms with Crippen molar-refractivity contribution in [3.63, 3.8) is 0 Å². The van der Waals surface area contributed by atoms with Crippen molar-refractivity contribution in [2.75, 3.05) is 0 Å². The summed E-state index contributed by atoms with van der Waals surface area (Å²) in [4.78, 5) is 0.399.